The Morgan fingerprint density at radius 1 is 0.909 bits per heavy atom. The van der Waals surface area contributed by atoms with E-state index in [4.69, 9.17) is 23.2 Å². The molecule has 1 amide bonds. The lowest BCUT2D eigenvalue weighted by Crippen LogP contribution is -2.14. The molecule has 3 rings (SSSR count). The van der Waals surface area contributed by atoms with E-state index in [1.54, 1.807) is 12.1 Å². The maximum atomic E-state index is 12.8. The molecule has 0 fully saturated rings. The van der Waals surface area contributed by atoms with E-state index in [1.807, 2.05) is 0 Å². The van der Waals surface area contributed by atoms with Gasteiger partial charge in [0.2, 0.25) is 5.91 Å². The molecule has 11 heteroatoms. The number of hydrogen-bond acceptors (Lipinski definition) is 3. The summed E-state index contributed by atoms with van der Waals surface area (Å²) in [6, 6.07) is 13.8. The molecule has 0 aliphatic carbocycles. The highest BCUT2D eigenvalue weighted by atomic mass is 35.5. The summed E-state index contributed by atoms with van der Waals surface area (Å²) in [7, 11) is -4.14. The molecule has 0 spiro atoms. The van der Waals surface area contributed by atoms with Crippen LogP contribution in [0.25, 0.3) is 6.08 Å². The average Bonchev–Trinajstić information content (AvgIpc) is 2.73. The minimum Gasteiger partial charge on any atom is -0.323 e. The van der Waals surface area contributed by atoms with Gasteiger partial charge in [-0.15, -0.1) is 0 Å². The van der Waals surface area contributed by atoms with Crippen LogP contribution in [-0.2, 0) is 21.0 Å². The van der Waals surface area contributed by atoms with Gasteiger partial charge in [-0.05, 0) is 66.2 Å². The molecule has 0 heterocycles. The van der Waals surface area contributed by atoms with E-state index < -0.39 is 27.7 Å². The van der Waals surface area contributed by atoms with Gasteiger partial charge >= 0.3 is 6.18 Å². The van der Waals surface area contributed by atoms with Crippen LogP contribution in [0.5, 0.6) is 0 Å². The first-order valence-electron chi connectivity index (χ1n) is 9.18. The number of alkyl halides is 3. The van der Waals surface area contributed by atoms with Gasteiger partial charge in [-0.2, -0.15) is 13.2 Å². The van der Waals surface area contributed by atoms with Crippen LogP contribution in [0.1, 0.15) is 11.1 Å². The molecule has 0 bridgehead atoms. The van der Waals surface area contributed by atoms with Gasteiger partial charge in [-0.1, -0.05) is 35.3 Å². The first-order valence-corrected chi connectivity index (χ1v) is 11.4. The van der Waals surface area contributed by atoms with Crippen LogP contribution in [0.15, 0.2) is 77.7 Å². The number of carbonyl (C=O) groups is 1. The smallest absolute Gasteiger partial charge is 0.323 e. The lowest BCUT2D eigenvalue weighted by Gasteiger charge is -2.11. The fourth-order valence-electron chi connectivity index (χ4n) is 2.68. The van der Waals surface area contributed by atoms with Crippen molar-refractivity contribution in [2.45, 2.75) is 11.1 Å². The predicted molar refractivity (Wildman–Crippen MR) is 123 cm³/mol. The Bertz CT molecular complexity index is 1310. The molecule has 0 aliphatic heterocycles. The Labute approximate surface area is 197 Å². The number of sulfonamides is 1. The molecule has 0 aliphatic rings. The molecule has 3 aromatic rings. The number of nitrogens with one attached hydrogen (secondary N) is 2. The Hall–Kier alpha value is -3.01. The topological polar surface area (TPSA) is 75.3 Å². The van der Waals surface area contributed by atoms with Gasteiger partial charge in [0, 0.05) is 27.5 Å². The first kappa shape index (κ1) is 24.6. The summed E-state index contributed by atoms with van der Waals surface area (Å²) in [5, 5.41) is 3.39. The Morgan fingerprint density at radius 2 is 1.61 bits per heavy atom. The zero-order valence-electron chi connectivity index (χ0n) is 16.5. The van der Waals surface area contributed by atoms with E-state index in [0.29, 0.717) is 27.4 Å². The summed E-state index contributed by atoms with van der Waals surface area (Å²) in [6.45, 7) is 0. The third-order valence-corrected chi connectivity index (χ3v) is 6.21. The quantitative estimate of drug-likeness (QED) is 0.370. The molecule has 2 N–H and O–H groups in total. The highest BCUT2D eigenvalue weighted by molar-refractivity contribution is 7.92. The van der Waals surface area contributed by atoms with E-state index >= 15 is 0 Å². The van der Waals surface area contributed by atoms with Crippen LogP contribution < -0.4 is 10.0 Å². The van der Waals surface area contributed by atoms with Gasteiger partial charge < -0.3 is 5.32 Å². The molecule has 0 radical (unpaired) electrons. The minimum absolute atomic E-state index is 0.193. The average molecular weight is 515 g/mol. The van der Waals surface area contributed by atoms with Crippen LogP contribution in [-0.4, -0.2) is 14.3 Å². The molecule has 0 unspecified atom stereocenters. The number of halogens is 5. The van der Waals surface area contributed by atoms with Crippen molar-refractivity contribution in [3.63, 3.8) is 0 Å². The van der Waals surface area contributed by atoms with Crippen LogP contribution in [0.3, 0.4) is 0 Å². The summed E-state index contributed by atoms with van der Waals surface area (Å²) in [6.07, 6.45) is -1.87. The van der Waals surface area contributed by atoms with Crippen LogP contribution >= 0.6 is 23.2 Å². The van der Waals surface area contributed by atoms with Crippen LogP contribution in [0.4, 0.5) is 24.5 Å². The highest BCUT2D eigenvalue weighted by Crippen LogP contribution is 2.31. The minimum atomic E-state index is -4.60. The molecule has 33 heavy (non-hydrogen) atoms. The lowest BCUT2D eigenvalue weighted by atomic mass is 10.2. The maximum absolute atomic E-state index is 12.8. The van der Waals surface area contributed by atoms with Gasteiger partial charge in [-0.25, -0.2) is 8.42 Å². The highest BCUT2D eigenvalue weighted by Gasteiger charge is 2.30. The lowest BCUT2D eigenvalue weighted by molar-refractivity contribution is -0.137. The summed E-state index contributed by atoms with van der Waals surface area (Å²) in [5.41, 5.74) is -0.315. The van der Waals surface area contributed by atoms with Gasteiger partial charge in [-0.3, -0.25) is 9.52 Å². The number of amides is 1. The van der Waals surface area contributed by atoms with E-state index in [2.05, 4.69) is 10.0 Å². The Kier molecular flexibility index (Phi) is 7.36. The summed E-state index contributed by atoms with van der Waals surface area (Å²) < 4.78 is 65.6. The zero-order chi connectivity index (χ0) is 24.2. The van der Waals surface area contributed by atoms with Gasteiger partial charge in [0.25, 0.3) is 10.0 Å². The first-order chi connectivity index (χ1) is 15.4. The van der Waals surface area contributed by atoms with E-state index in [-0.39, 0.29) is 10.6 Å². The fraction of sp³-hybridized carbons (Fsp3) is 0.0455. The zero-order valence-corrected chi connectivity index (χ0v) is 18.9. The number of rotatable bonds is 6. The van der Waals surface area contributed by atoms with Crippen molar-refractivity contribution >= 4 is 56.6 Å². The SMILES string of the molecule is O=C(/C=C/c1ccc(Cl)cc1Cl)Nc1ccc(S(=O)(=O)Nc2cccc(C(F)(F)F)c2)cc1. The van der Waals surface area contributed by atoms with E-state index in [1.165, 1.54) is 48.6 Å². The number of benzene rings is 3. The third kappa shape index (κ3) is 6.74. The van der Waals surface area contributed by atoms with Crippen molar-refractivity contribution in [3.8, 4) is 0 Å². The Balaban J connectivity index is 1.68. The second kappa shape index (κ2) is 9.86. The van der Waals surface area contributed by atoms with E-state index in [0.717, 1.165) is 12.1 Å². The molecular formula is C22H15Cl2F3N2O3S. The van der Waals surface area contributed by atoms with Gasteiger partial charge in [0.05, 0.1) is 10.5 Å². The van der Waals surface area contributed by atoms with Gasteiger partial charge in [0.15, 0.2) is 0 Å². The molecule has 0 saturated heterocycles. The van der Waals surface area contributed by atoms with Crippen molar-refractivity contribution in [2.75, 3.05) is 10.0 Å². The van der Waals surface area contributed by atoms with Gasteiger partial charge in [0.1, 0.15) is 0 Å². The molecule has 0 aromatic heterocycles. The van der Waals surface area contributed by atoms with Crippen LogP contribution in [0, 0.1) is 0 Å². The maximum Gasteiger partial charge on any atom is 0.416 e. The number of anilines is 2. The molecule has 172 valence electrons. The second-order valence-electron chi connectivity index (χ2n) is 6.70. The molecular weight excluding hydrogens is 500 g/mol. The molecule has 3 aromatic carbocycles. The van der Waals surface area contributed by atoms with Crippen molar-refractivity contribution in [1.29, 1.82) is 0 Å². The number of hydrogen-bond donors (Lipinski definition) is 2. The monoisotopic (exact) mass is 514 g/mol. The predicted octanol–water partition coefficient (Wildman–Crippen LogP) is 6.46. The molecule has 0 saturated carbocycles. The third-order valence-electron chi connectivity index (χ3n) is 4.25. The van der Waals surface area contributed by atoms with Crippen molar-refractivity contribution in [1.82, 2.24) is 0 Å². The largest absolute Gasteiger partial charge is 0.416 e. The van der Waals surface area contributed by atoms with Crippen molar-refractivity contribution in [2.24, 2.45) is 0 Å². The summed E-state index contributed by atoms with van der Waals surface area (Å²) >= 11 is 11.9. The van der Waals surface area contributed by atoms with Crippen molar-refractivity contribution < 1.29 is 26.4 Å². The normalized spacial score (nSPS) is 12.0. The Morgan fingerprint density at radius 3 is 2.24 bits per heavy atom. The number of carbonyl (C=O) groups excluding carboxylic acids is 1. The fourth-order valence-corrected chi connectivity index (χ4v) is 4.20. The standard InChI is InChI=1S/C22H15Cl2F3N2O3S/c23-16-6-4-14(20(24)13-16)5-11-21(30)28-17-7-9-19(10-8-17)33(31,32)29-18-3-1-2-15(12-18)22(25,26)27/h1-13,29H,(H,28,30)/b11-5+. The second-order valence-corrected chi connectivity index (χ2v) is 9.22. The summed E-state index contributed by atoms with van der Waals surface area (Å²) in [5.74, 6) is -0.487. The molecule has 0 atom stereocenters. The molecule has 5 nitrogen and oxygen atoms in total. The van der Waals surface area contributed by atoms with Crippen LogP contribution in [0.2, 0.25) is 10.0 Å². The van der Waals surface area contributed by atoms with Crippen molar-refractivity contribution in [3.05, 3.63) is 94.0 Å². The van der Waals surface area contributed by atoms with E-state index in [9.17, 15) is 26.4 Å². The summed E-state index contributed by atoms with van der Waals surface area (Å²) in [4.78, 5) is 11.9.